The highest BCUT2D eigenvalue weighted by atomic mass is 16.6. The van der Waals surface area contributed by atoms with E-state index in [-0.39, 0.29) is 24.4 Å². The zero-order valence-electron chi connectivity index (χ0n) is 24.0. The Balaban J connectivity index is 3.30. The summed E-state index contributed by atoms with van der Waals surface area (Å²) in [7, 11) is 0. The molecule has 0 heterocycles. The Morgan fingerprint density at radius 1 is 0.605 bits per heavy atom. The van der Waals surface area contributed by atoms with Gasteiger partial charge in [-0.2, -0.15) is 0 Å². The van der Waals surface area contributed by atoms with Crippen LogP contribution in [0.5, 0.6) is 0 Å². The van der Waals surface area contributed by atoms with Crippen LogP contribution in [-0.4, -0.2) is 108 Å². The molecule has 0 radical (unpaired) electrons. The average molecular weight is 550 g/mol. The molecule has 11 nitrogen and oxygen atoms in total. The highest BCUT2D eigenvalue weighted by Crippen LogP contribution is 2.10. The highest BCUT2D eigenvalue weighted by Gasteiger charge is 2.22. The van der Waals surface area contributed by atoms with Gasteiger partial charge in [-0.1, -0.05) is 6.92 Å². The first-order chi connectivity index (χ1) is 18.2. The molecule has 0 bridgehead atoms. The SMILES string of the molecule is CCC(=O)CCOCCOCCOCCOCCOCCOCCCC(=O)CC[C@H](N)C(=O)OC(C)(C)C. The molecule has 0 aliphatic heterocycles. The molecule has 0 aromatic rings. The molecule has 0 rings (SSSR count). The Hall–Kier alpha value is -1.47. The van der Waals surface area contributed by atoms with Gasteiger partial charge in [0.2, 0.25) is 0 Å². The van der Waals surface area contributed by atoms with Crippen molar-refractivity contribution >= 4 is 17.5 Å². The fraction of sp³-hybridized carbons (Fsp3) is 0.889. The van der Waals surface area contributed by atoms with Crippen LogP contribution >= 0.6 is 0 Å². The van der Waals surface area contributed by atoms with Gasteiger partial charge in [0.25, 0.3) is 0 Å². The first kappa shape index (κ1) is 36.5. The maximum atomic E-state index is 11.9. The van der Waals surface area contributed by atoms with E-state index in [1.54, 1.807) is 20.8 Å². The standard InChI is InChI=1S/C27H51NO10/c1-5-23(29)10-12-33-14-16-35-18-20-37-22-21-36-19-17-34-15-13-32-11-6-7-24(30)8-9-25(28)26(31)38-27(2,3)4/h25H,5-22,28H2,1-4H3/t25-/m0/s1. The van der Waals surface area contributed by atoms with Crippen LogP contribution in [0.3, 0.4) is 0 Å². The van der Waals surface area contributed by atoms with E-state index in [0.29, 0.717) is 105 Å². The second-order valence-electron chi connectivity index (χ2n) is 9.64. The van der Waals surface area contributed by atoms with Crippen molar-refractivity contribution in [2.24, 2.45) is 5.73 Å². The molecule has 2 N–H and O–H groups in total. The number of Topliss-reactive ketones (excluding diaryl/α,β-unsaturated/α-hetero) is 2. The summed E-state index contributed by atoms with van der Waals surface area (Å²) in [5.74, 6) is -0.220. The number of hydrogen-bond acceptors (Lipinski definition) is 11. The van der Waals surface area contributed by atoms with E-state index in [2.05, 4.69) is 0 Å². The quantitative estimate of drug-likeness (QED) is 0.119. The molecule has 0 aliphatic carbocycles. The molecule has 0 spiro atoms. The maximum Gasteiger partial charge on any atom is 0.323 e. The van der Waals surface area contributed by atoms with Gasteiger partial charge in [0.05, 0.1) is 72.7 Å². The number of rotatable bonds is 27. The zero-order valence-corrected chi connectivity index (χ0v) is 24.0. The van der Waals surface area contributed by atoms with Crippen LogP contribution in [0.25, 0.3) is 0 Å². The summed E-state index contributed by atoms with van der Waals surface area (Å²) < 4.78 is 37.7. The van der Waals surface area contributed by atoms with Crippen LogP contribution in [0.1, 0.15) is 66.2 Å². The number of ether oxygens (including phenoxy) is 7. The first-order valence-electron chi connectivity index (χ1n) is 13.6. The smallest absolute Gasteiger partial charge is 0.323 e. The third-order valence-electron chi connectivity index (χ3n) is 4.97. The van der Waals surface area contributed by atoms with Crippen LogP contribution in [0.4, 0.5) is 0 Å². The molecule has 0 aromatic carbocycles. The molecule has 0 saturated carbocycles. The summed E-state index contributed by atoms with van der Waals surface area (Å²) in [6.07, 6.45) is 2.55. The minimum Gasteiger partial charge on any atom is -0.459 e. The van der Waals surface area contributed by atoms with Crippen molar-refractivity contribution in [1.82, 2.24) is 0 Å². The Morgan fingerprint density at radius 3 is 1.45 bits per heavy atom. The summed E-state index contributed by atoms with van der Waals surface area (Å²) in [6.45, 7) is 12.8. The number of esters is 1. The Bertz CT molecular complexity index is 609. The summed E-state index contributed by atoms with van der Waals surface area (Å²) in [5.41, 5.74) is 5.20. The normalized spacial score (nSPS) is 12.4. The Labute approximate surface area is 228 Å². The van der Waals surface area contributed by atoms with Gasteiger partial charge in [-0.25, -0.2) is 0 Å². The van der Waals surface area contributed by atoms with Gasteiger partial charge in [-0.15, -0.1) is 0 Å². The lowest BCUT2D eigenvalue weighted by Crippen LogP contribution is -2.37. The van der Waals surface area contributed by atoms with E-state index in [0.717, 1.165) is 0 Å². The van der Waals surface area contributed by atoms with Crippen molar-refractivity contribution in [3.8, 4) is 0 Å². The lowest BCUT2D eigenvalue weighted by Gasteiger charge is -2.22. The number of carbonyl (C=O) groups excluding carboxylic acids is 3. The number of nitrogens with two attached hydrogens (primary N) is 1. The molecule has 0 saturated heterocycles. The number of hydrogen-bond donors (Lipinski definition) is 1. The van der Waals surface area contributed by atoms with Gasteiger partial charge in [0, 0.05) is 32.3 Å². The molecule has 0 fully saturated rings. The minimum atomic E-state index is -0.783. The third-order valence-corrected chi connectivity index (χ3v) is 4.97. The second-order valence-corrected chi connectivity index (χ2v) is 9.64. The number of ketones is 2. The first-order valence-corrected chi connectivity index (χ1v) is 13.6. The molecule has 0 amide bonds. The molecule has 224 valence electrons. The zero-order chi connectivity index (χ0) is 28.5. The van der Waals surface area contributed by atoms with E-state index < -0.39 is 17.6 Å². The van der Waals surface area contributed by atoms with E-state index in [4.69, 9.17) is 38.9 Å². The molecule has 0 aliphatic rings. The Morgan fingerprint density at radius 2 is 1.03 bits per heavy atom. The van der Waals surface area contributed by atoms with E-state index in [9.17, 15) is 14.4 Å². The van der Waals surface area contributed by atoms with Crippen LogP contribution in [0.2, 0.25) is 0 Å². The van der Waals surface area contributed by atoms with Crippen molar-refractivity contribution in [2.45, 2.75) is 77.9 Å². The summed E-state index contributed by atoms with van der Waals surface area (Å²) in [4.78, 5) is 34.9. The largest absolute Gasteiger partial charge is 0.459 e. The van der Waals surface area contributed by atoms with Gasteiger partial charge in [-0.05, 0) is 33.6 Å². The van der Waals surface area contributed by atoms with Crippen molar-refractivity contribution in [3.63, 3.8) is 0 Å². The lowest BCUT2D eigenvalue weighted by atomic mass is 10.1. The van der Waals surface area contributed by atoms with Gasteiger partial charge in [-0.3, -0.25) is 14.4 Å². The van der Waals surface area contributed by atoms with Gasteiger partial charge >= 0.3 is 5.97 Å². The Kier molecular flexibility index (Phi) is 23.6. The van der Waals surface area contributed by atoms with Crippen molar-refractivity contribution in [3.05, 3.63) is 0 Å². The van der Waals surface area contributed by atoms with Crippen LogP contribution in [0.15, 0.2) is 0 Å². The van der Waals surface area contributed by atoms with Crippen LogP contribution < -0.4 is 5.73 Å². The van der Waals surface area contributed by atoms with Crippen molar-refractivity contribution in [1.29, 1.82) is 0 Å². The average Bonchev–Trinajstić information content (AvgIpc) is 2.86. The number of carbonyl (C=O) groups is 3. The molecule has 38 heavy (non-hydrogen) atoms. The fourth-order valence-corrected chi connectivity index (χ4v) is 2.87. The van der Waals surface area contributed by atoms with Gasteiger partial charge < -0.3 is 38.9 Å². The van der Waals surface area contributed by atoms with Crippen molar-refractivity contribution < 1.29 is 47.5 Å². The van der Waals surface area contributed by atoms with E-state index in [1.807, 2.05) is 6.92 Å². The monoisotopic (exact) mass is 549 g/mol. The molecule has 0 aromatic heterocycles. The topological polar surface area (TPSA) is 142 Å². The summed E-state index contributed by atoms with van der Waals surface area (Å²) in [5, 5.41) is 0. The predicted octanol–water partition coefficient (Wildman–Crippen LogP) is 2.25. The third kappa shape index (κ3) is 26.1. The van der Waals surface area contributed by atoms with Crippen LogP contribution in [0, 0.1) is 0 Å². The maximum absolute atomic E-state index is 11.9. The minimum absolute atomic E-state index is 0.0555. The van der Waals surface area contributed by atoms with Crippen LogP contribution in [-0.2, 0) is 47.5 Å². The second kappa shape index (κ2) is 24.6. The molecule has 11 heteroatoms. The summed E-state index contributed by atoms with van der Waals surface area (Å²) >= 11 is 0. The van der Waals surface area contributed by atoms with Crippen molar-refractivity contribution in [2.75, 3.05) is 79.3 Å². The van der Waals surface area contributed by atoms with E-state index in [1.165, 1.54) is 0 Å². The molecular formula is C27H51NO10. The highest BCUT2D eigenvalue weighted by molar-refractivity contribution is 5.80. The van der Waals surface area contributed by atoms with Gasteiger partial charge in [0.1, 0.15) is 23.2 Å². The molecule has 1 atom stereocenters. The lowest BCUT2D eigenvalue weighted by molar-refractivity contribution is -0.156. The molecule has 0 unspecified atom stereocenters. The van der Waals surface area contributed by atoms with Gasteiger partial charge in [0.15, 0.2) is 0 Å². The fourth-order valence-electron chi connectivity index (χ4n) is 2.87. The molecular weight excluding hydrogens is 498 g/mol. The van der Waals surface area contributed by atoms with E-state index >= 15 is 0 Å². The summed E-state index contributed by atoms with van der Waals surface area (Å²) in [6, 6.07) is -0.783. The predicted molar refractivity (Wildman–Crippen MR) is 142 cm³/mol.